The number of nitrogens with one attached hydrogen (secondary N) is 1. The SMILES string of the molecule is CCCCn1cc(C(=O)NCC2CCCCCC2)c2c(Br)cccc21. The summed E-state index contributed by atoms with van der Waals surface area (Å²) in [6.07, 6.45) is 12.1. The molecule has 4 heteroatoms. The van der Waals surface area contributed by atoms with E-state index in [2.05, 4.69) is 38.8 Å². The number of unbranched alkanes of at least 4 members (excludes halogenated alkanes) is 1. The summed E-state index contributed by atoms with van der Waals surface area (Å²) in [6, 6.07) is 6.18. The summed E-state index contributed by atoms with van der Waals surface area (Å²) in [5.41, 5.74) is 1.94. The van der Waals surface area contributed by atoms with Crippen molar-refractivity contribution in [3.63, 3.8) is 0 Å². The molecule has 0 bridgehead atoms. The summed E-state index contributed by atoms with van der Waals surface area (Å²) >= 11 is 3.64. The topological polar surface area (TPSA) is 34.0 Å². The maximum atomic E-state index is 12.9. The van der Waals surface area contributed by atoms with Crippen molar-refractivity contribution < 1.29 is 4.79 Å². The van der Waals surface area contributed by atoms with Crippen LogP contribution in [-0.2, 0) is 6.54 Å². The van der Waals surface area contributed by atoms with Gasteiger partial charge in [0.1, 0.15) is 0 Å². The lowest BCUT2D eigenvalue weighted by atomic mass is 10.0. The second kappa shape index (κ2) is 8.88. The minimum atomic E-state index is 0.0661. The number of benzene rings is 1. The maximum Gasteiger partial charge on any atom is 0.253 e. The molecule has 0 unspecified atom stereocenters. The number of hydrogen-bond donors (Lipinski definition) is 1. The number of rotatable bonds is 6. The van der Waals surface area contributed by atoms with Gasteiger partial charge in [0.05, 0.1) is 5.56 Å². The third kappa shape index (κ3) is 4.46. The van der Waals surface area contributed by atoms with Gasteiger partial charge in [-0.25, -0.2) is 0 Å². The summed E-state index contributed by atoms with van der Waals surface area (Å²) in [5.74, 6) is 0.708. The van der Waals surface area contributed by atoms with E-state index in [1.807, 2.05) is 18.3 Å². The number of carbonyl (C=O) groups is 1. The zero-order valence-electron chi connectivity index (χ0n) is 15.2. The van der Waals surface area contributed by atoms with Crippen LogP contribution in [0.5, 0.6) is 0 Å². The molecule has 1 fully saturated rings. The summed E-state index contributed by atoms with van der Waals surface area (Å²) < 4.78 is 3.23. The molecule has 25 heavy (non-hydrogen) atoms. The first-order chi connectivity index (χ1) is 12.2. The summed E-state index contributed by atoms with van der Waals surface area (Å²) in [4.78, 5) is 12.9. The van der Waals surface area contributed by atoms with Crippen LogP contribution >= 0.6 is 15.9 Å². The first-order valence-corrected chi connectivity index (χ1v) is 10.6. The Morgan fingerprint density at radius 3 is 2.72 bits per heavy atom. The number of fused-ring (bicyclic) bond motifs is 1. The predicted octanol–water partition coefficient (Wildman–Crippen LogP) is 5.90. The van der Waals surface area contributed by atoms with Gasteiger partial charge in [0.2, 0.25) is 0 Å². The van der Waals surface area contributed by atoms with Gasteiger partial charge in [0, 0.05) is 34.7 Å². The normalized spacial score (nSPS) is 16.1. The average Bonchev–Trinajstić information content (AvgIpc) is 2.80. The lowest BCUT2D eigenvalue weighted by Gasteiger charge is -2.14. The van der Waals surface area contributed by atoms with E-state index in [1.54, 1.807) is 0 Å². The van der Waals surface area contributed by atoms with Crippen LogP contribution in [0.4, 0.5) is 0 Å². The van der Waals surface area contributed by atoms with E-state index in [4.69, 9.17) is 0 Å². The van der Waals surface area contributed by atoms with Crippen molar-refractivity contribution in [1.82, 2.24) is 9.88 Å². The molecule has 0 radical (unpaired) electrons. The minimum Gasteiger partial charge on any atom is -0.352 e. The second-order valence-corrected chi connectivity index (χ2v) is 8.15. The van der Waals surface area contributed by atoms with Crippen LogP contribution in [-0.4, -0.2) is 17.0 Å². The summed E-state index contributed by atoms with van der Waals surface area (Å²) in [7, 11) is 0. The molecule has 1 amide bonds. The van der Waals surface area contributed by atoms with Crippen molar-refractivity contribution in [3.8, 4) is 0 Å². The third-order valence-corrected chi connectivity index (χ3v) is 6.04. The van der Waals surface area contributed by atoms with Crippen LogP contribution in [0.2, 0.25) is 0 Å². The molecule has 1 aromatic heterocycles. The Hall–Kier alpha value is -1.29. The van der Waals surface area contributed by atoms with Gasteiger partial charge < -0.3 is 9.88 Å². The number of aromatic nitrogens is 1. The molecule has 1 heterocycles. The van der Waals surface area contributed by atoms with E-state index in [-0.39, 0.29) is 5.91 Å². The smallest absolute Gasteiger partial charge is 0.253 e. The van der Waals surface area contributed by atoms with Crippen LogP contribution in [0.1, 0.15) is 68.6 Å². The summed E-state index contributed by atoms with van der Waals surface area (Å²) in [6.45, 7) is 3.96. The van der Waals surface area contributed by atoms with Gasteiger partial charge in [0.15, 0.2) is 0 Å². The lowest BCUT2D eigenvalue weighted by molar-refractivity contribution is 0.0947. The maximum absolute atomic E-state index is 12.9. The number of halogens is 1. The number of aryl methyl sites for hydroxylation is 1. The van der Waals surface area contributed by atoms with Gasteiger partial charge in [0.25, 0.3) is 5.91 Å². The highest BCUT2D eigenvalue weighted by Gasteiger charge is 2.19. The Morgan fingerprint density at radius 1 is 1.24 bits per heavy atom. The molecule has 3 rings (SSSR count). The van der Waals surface area contributed by atoms with E-state index < -0.39 is 0 Å². The van der Waals surface area contributed by atoms with E-state index in [1.165, 1.54) is 38.5 Å². The molecule has 2 aromatic rings. The highest BCUT2D eigenvalue weighted by atomic mass is 79.9. The molecule has 1 N–H and O–H groups in total. The molecule has 1 aliphatic rings. The fourth-order valence-corrected chi connectivity index (χ4v) is 4.46. The number of carbonyl (C=O) groups excluding carboxylic acids is 1. The van der Waals surface area contributed by atoms with Crippen LogP contribution in [0.15, 0.2) is 28.9 Å². The zero-order chi connectivity index (χ0) is 17.6. The van der Waals surface area contributed by atoms with Crippen molar-refractivity contribution in [1.29, 1.82) is 0 Å². The zero-order valence-corrected chi connectivity index (χ0v) is 16.8. The van der Waals surface area contributed by atoms with Crippen molar-refractivity contribution in [2.45, 2.75) is 64.8 Å². The Morgan fingerprint density at radius 2 is 2.00 bits per heavy atom. The monoisotopic (exact) mass is 404 g/mol. The highest BCUT2D eigenvalue weighted by Crippen LogP contribution is 2.30. The minimum absolute atomic E-state index is 0.0661. The highest BCUT2D eigenvalue weighted by molar-refractivity contribution is 9.10. The number of amides is 1. The Bertz CT molecular complexity index is 714. The predicted molar refractivity (Wildman–Crippen MR) is 108 cm³/mol. The molecular weight excluding hydrogens is 376 g/mol. The molecular formula is C21H29BrN2O. The molecule has 1 saturated carbocycles. The number of nitrogens with zero attached hydrogens (tertiary/aromatic N) is 1. The fraction of sp³-hybridized carbons (Fsp3) is 0.571. The molecule has 3 nitrogen and oxygen atoms in total. The standard InChI is InChI=1S/C21H29BrN2O/c1-2-3-13-24-15-17(20-18(22)11-8-12-19(20)24)21(25)23-14-16-9-6-4-5-7-10-16/h8,11-12,15-16H,2-7,9-10,13-14H2,1H3,(H,23,25). The van der Waals surface area contributed by atoms with Crippen LogP contribution in [0, 0.1) is 5.92 Å². The van der Waals surface area contributed by atoms with Crippen molar-refractivity contribution in [3.05, 3.63) is 34.4 Å². The summed E-state index contributed by atoms with van der Waals surface area (Å²) in [5, 5.41) is 4.25. The van der Waals surface area contributed by atoms with E-state index in [9.17, 15) is 4.79 Å². The Balaban J connectivity index is 1.78. The molecule has 0 saturated heterocycles. The average molecular weight is 405 g/mol. The Kier molecular flexibility index (Phi) is 6.57. The molecule has 0 spiro atoms. The van der Waals surface area contributed by atoms with Crippen LogP contribution in [0.3, 0.4) is 0 Å². The quantitative estimate of drug-likeness (QED) is 0.596. The van der Waals surface area contributed by atoms with Crippen molar-refractivity contribution in [2.75, 3.05) is 6.54 Å². The molecule has 0 atom stereocenters. The van der Waals surface area contributed by atoms with Crippen LogP contribution < -0.4 is 5.32 Å². The first kappa shape index (κ1) is 18.5. The van der Waals surface area contributed by atoms with Gasteiger partial charge >= 0.3 is 0 Å². The fourth-order valence-electron chi connectivity index (χ4n) is 3.89. The van der Waals surface area contributed by atoms with Gasteiger partial charge in [-0.1, -0.05) is 61.0 Å². The van der Waals surface area contributed by atoms with Gasteiger partial charge in [-0.3, -0.25) is 4.79 Å². The van der Waals surface area contributed by atoms with E-state index in [0.717, 1.165) is 46.9 Å². The second-order valence-electron chi connectivity index (χ2n) is 7.29. The molecule has 1 aliphatic carbocycles. The van der Waals surface area contributed by atoms with Gasteiger partial charge in [-0.2, -0.15) is 0 Å². The lowest BCUT2D eigenvalue weighted by Crippen LogP contribution is -2.29. The molecule has 136 valence electrons. The number of hydrogen-bond acceptors (Lipinski definition) is 1. The first-order valence-electron chi connectivity index (χ1n) is 9.76. The van der Waals surface area contributed by atoms with E-state index in [0.29, 0.717) is 5.92 Å². The Labute approximate surface area is 159 Å². The largest absolute Gasteiger partial charge is 0.352 e. The van der Waals surface area contributed by atoms with Gasteiger partial charge in [-0.05, 0) is 37.3 Å². The van der Waals surface area contributed by atoms with Crippen molar-refractivity contribution >= 4 is 32.7 Å². The van der Waals surface area contributed by atoms with Crippen LogP contribution in [0.25, 0.3) is 10.9 Å². The third-order valence-electron chi connectivity index (χ3n) is 5.38. The molecule has 0 aliphatic heterocycles. The van der Waals surface area contributed by atoms with Gasteiger partial charge in [-0.15, -0.1) is 0 Å². The van der Waals surface area contributed by atoms with E-state index >= 15 is 0 Å². The molecule has 1 aromatic carbocycles. The van der Waals surface area contributed by atoms with Crippen molar-refractivity contribution in [2.24, 2.45) is 5.92 Å².